The fourth-order valence-corrected chi connectivity index (χ4v) is 1.80. The van der Waals surface area contributed by atoms with Crippen molar-refractivity contribution in [3.05, 3.63) is 29.8 Å². The molecule has 0 aromatic heterocycles. The number of nitrogen functional groups attached to an aromatic ring is 1. The van der Waals surface area contributed by atoms with Crippen LogP contribution in [0.25, 0.3) is 0 Å². The van der Waals surface area contributed by atoms with Crippen LogP contribution in [0.4, 0.5) is 0 Å². The van der Waals surface area contributed by atoms with Gasteiger partial charge >= 0.3 is 0 Å². The molecule has 1 aromatic rings. The van der Waals surface area contributed by atoms with Gasteiger partial charge in [-0.3, -0.25) is 10.2 Å². The summed E-state index contributed by atoms with van der Waals surface area (Å²) < 4.78 is 11.0. The second kappa shape index (κ2) is 10.2. The molecule has 1 amide bonds. The van der Waals surface area contributed by atoms with Gasteiger partial charge in [0.1, 0.15) is 12.4 Å². The summed E-state index contributed by atoms with van der Waals surface area (Å²) in [6.45, 7) is 3.88. The van der Waals surface area contributed by atoms with E-state index in [1.165, 1.54) is 19.3 Å². The molecule has 112 valence electrons. The van der Waals surface area contributed by atoms with Gasteiger partial charge in [-0.15, -0.1) is 0 Å². The Balaban J connectivity index is 2.23. The van der Waals surface area contributed by atoms with Gasteiger partial charge in [0.2, 0.25) is 0 Å². The zero-order valence-electron chi connectivity index (χ0n) is 12.1. The summed E-state index contributed by atoms with van der Waals surface area (Å²) in [4.78, 5) is 11.5. The maximum absolute atomic E-state index is 11.5. The van der Waals surface area contributed by atoms with E-state index in [4.69, 9.17) is 15.3 Å². The fourth-order valence-electron chi connectivity index (χ4n) is 1.80. The minimum absolute atomic E-state index is 0.360. The van der Waals surface area contributed by atoms with Crippen molar-refractivity contribution < 1.29 is 14.3 Å². The molecule has 0 atom stereocenters. The van der Waals surface area contributed by atoms with E-state index in [9.17, 15) is 4.79 Å². The first-order valence-electron chi connectivity index (χ1n) is 7.10. The van der Waals surface area contributed by atoms with E-state index >= 15 is 0 Å². The monoisotopic (exact) mass is 280 g/mol. The summed E-state index contributed by atoms with van der Waals surface area (Å²) in [6.07, 6.45) is 4.77. The number of benzene rings is 1. The third kappa shape index (κ3) is 6.04. The number of hydrogen-bond donors (Lipinski definition) is 2. The van der Waals surface area contributed by atoms with Gasteiger partial charge in [-0.25, -0.2) is 5.84 Å². The van der Waals surface area contributed by atoms with Crippen molar-refractivity contribution in [1.82, 2.24) is 5.43 Å². The van der Waals surface area contributed by atoms with Crippen LogP contribution in [0.5, 0.6) is 5.75 Å². The number of ether oxygens (including phenoxy) is 2. The molecular formula is C15H24N2O3. The van der Waals surface area contributed by atoms with Crippen LogP contribution in [0.3, 0.4) is 0 Å². The predicted molar refractivity (Wildman–Crippen MR) is 78.6 cm³/mol. The molecule has 5 heteroatoms. The first kappa shape index (κ1) is 16.5. The Kier molecular flexibility index (Phi) is 8.42. The van der Waals surface area contributed by atoms with Gasteiger partial charge in [-0.1, -0.05) is 38.3 Å². The van der Waals surface area contributed by atoms with E-state index < -0.39 is 0 Å². The topological polar surface area (TPSA) is 73.6 Å². The Bertz CT molecular complexity index is 396. The fraction of sp³-hybridized carbons (Fsp3) is 0.533. The second-order valence-corrected chi connectivity index (χ2v) is 4.49. The molecule has 0 saturated carbocycles. The molecule has 1 rings (SSSR count). The number of carbonyl (C=O) groups is 1. The standard InChI is InChI=1S/C15H24N2O3/c1-2-3-4-7-10-19-11-12-20-14-9-6-5-8-13(14)15(18)17-16/h5-6,8-9H,2-4,7,10-12,16H2,1H3,(H,17,18). The molecule has 0 heterocycles. The summed E-state index contributed by atoms with van der Waals surface area (Å²) >= 11 is 0. The SMILES string of the molecule is CCCCCCOCCOc1ccccc1C(=O)NN. The average molecular weight is 280 g/mol. The molecule has 0 aliphatic rings. The Labute approximate surface area is 120 Å². The molecule has 5 nitrogen and oxygen atoms in total. The van der Waals surface area contributed by atoms with Gasteiger partial charge in [0.15, 0.2) is 0 Å². The summed E-state index contributed by atoms with van der Waals surface area (Å²) in [7, 11) is 0. The third-order valence-electron chi connectivity index (χ3n) is 2.89. The van der Waals surface area contributed by atoms with E-state index in [0.717, 1.165) is 13.0 Å². The highest BCUT2D eigenvalue weighted by Gasteiger charge is 2.09. The van der Waals surface area contributed by atoms with Crippen molar-refractivity contribution in [3.63, 3.8) is 0 Å². The second-order valence-electron chi connectivity index (χ2n) is 4.49. The average Bonchev–Trinajstić information content (AvgIpc) is 2.49. The third-order valence-corrected chi connectivity index (χ3v) is 2.89. The number of nitrogens with one attached hydrogen (secondary N) is 1. The van der Waals surface area contributed by atoms with Gasteiger partial charge < -0.3 is 9.47 Å². The van der Waals surface area contributed by atoms with Crippen LogP contribution in [-0.2, 0) is 4.74 Å². The van der Waals surface area contributed by atoms with Crippen LogP contribution in [0.15, 0.2) is 24.3 Å². The molecule has 3 N–H and O–H groups in total. The number of rotatable bonds is 10. The Hall–Kier alpha value is -1.59. The lowest BCUT2D eigenvalue weighted by Crippen LogP contribution is -2.30. The quantitative estimate of drug-likeness (QED) is 0.298. The van der Waals surface area contributed by atoms with Crippen LogP contribution in [0, 0.1) is 0 Å². The zero-order chi connectivity index (χ0) is 14.6. The van der Waals surface area contributed by atoms with Crippen molar-refractivity contribution in [2.75, 3.05) is 19.8 Å². The van der Waals surface area contributed by atoms with Gasteiger partial charge in [0, 0.05) is 6.61 Å². The molecule has 0 aliphatic carbocycles. The molecule has 0 fully saturated rings. The normalized spacial score (nSPS) is 10.3. The number of nitrogens with two attached hydrogens (primary N) is 1. The number of hydrazine groups is 1. The van der Waals surface area contributed by atoms with Crippen LogP contribution in [0.2, 0.25) is 0 Å². The highest BCUT2D eigenvalue weighted by Crippen LogP contribution is 2.17. The van der Waals surface area contributed by atoms with Crippen molar-refractivity contribution in [2.45, 2.75) is 32.6 Å². The summed E-state index contributed by atoms with van der Waals surface area (Å²) in [5.41, 5.74) is 2.53. The van der Waals surface area contributed by atoms with E-state index in [1.807, 2.05) is 6.07 Å². The van der Waals surface area contributed by atoms with Gasteiger partial charge in [0.05, 0.1) is 12.2 Å². The van der Waals surface area contributed by atoms with Crippen molar-refractivity contribution in [2.24, 2.45) is 5.84 Å². The highest BCUT2D eigenvalue weighted by molar-refractivity contribution is 5.96. The van der Waals surface area contributed by atoms with Gasteiger partial charge in [-0.05, 0) is 18.6 Å². The van der Waals surface area contributed by atoms with E-state index in [1.54, 1.807) is 18.2 Å². The molecular weight excluding hydrogens is 256 g/mol. The van der Waals surface area contributed by atoms with E-state index in [2.05, 4.69) is 12.3 Å². The predicted octanol–water partition coefficient (Wildman–Crippen LogP) is 2.27. The molecule has 1 aromatic carbocycles. The Morgan fingerprint density at radius 1 is 1.15 bits per heavy atom. The van der Waals surface area contributed by atoms with Crippen LogP contribution >= 0.6 is 0 Å². The minimum atomic E-state index is -0.360. The van der Waals surface area contributed by atoms with Gasteiger partial charge in [-0.2, -0.15) is 0 Å². The Morgan fingerprint density at radius 2 is 1.95 bits per heavy atom. The van der Waals surface area contributed by atoms with Crippen molar-refractivity contribution >= 4 is 5.91 Å². The molecule has 0 saturated heterocycles. The maximum atomic E-state index is 11.5. The van der Waals surface area contributed by atoms with Gasteiger partial charge in [0.25, 0.3) is 5.91 Å². The lowest BCUT2D eigenvalue weighted by molar-refractivity contribution is 0.0914. The highest BCUT2D eigenvalue weighted by atomic mass is 16.5. The first-order valence-corrected chi connectivity index (χ1v) is 7.10. The summed E-state index contributed by atoms with van der Waals surface area (Å²) in [6, 6.07) is 6.99. The maximum Gasteiger partial charge on any atom is 0.268 e. The summed E-state index contributed by atoms with van der Waals surface area (Å²) in [5.74, 6) is 5.29. The van der Waals surface area contributed by atoms with E-state index in [0.29, 0.717) is 24.5 Å². The smallest absolute Gasteiger partial charge is 0.268 e. The molecule has 0 radical (unpaired) electrons. The Morgan fingerprint density at radius 3 is 2.70 bits per heavy atom. The van der Waals surface area contributed by atoms with Crippen LogP contribution in [-0.4, -0.2) is 25.7 Å². The number of hydrogen-bond acceptors (Lipinski definition) is 4. The van der Waals surface area contributed by atoms with Crippen molar-refractivity contribution in [3.8, 4) is 5.75 Å². The number of unbranched alkanes of at least 4 members (excludes halogenated alkanes) is 3. The lowest BCUT2D eigenvalue weighted by Gasteiger charge is -2.10. The van der Waals surface area contributed by atoms with Crippen molar-refractivity contribution in [1.29, 1.82) is 0 Å². The first-order chi connectivity index (χ1) is 9.79. The molecule has 0 spiro atoms. The van der Waals surface area contributed by atoms with Crippen LogP contribution < -0.4 is 16.0 Å². The molecule has 0 unspecified atom stereocenters. The molecule has 20 heavy (non-hydrogen) atoms. The number of amides is 1. The number of para-hydroxylation sites is 1. The zero-order valence-corrected chi connectivity index (χ0v) is 12.1. The molecule has 0 bridgehead atoms. The minimum Gasteiger partial charge on any atom is -0.490 e. The molecule has 0 aliphatic heterocycles. The summed E-state index contributed by atoms with van der Waals surface area (Å²) in [5, 5.41) is 0. The van der Waals surface area contributed by atoms with Crippen LogP contribution in [0.1, 0.15) is 43.0 Å². The lowest BCUT2D eigenvalue weighted by atomic mass is 10.2. The van der Waals surface area contributed by atoms with E-state index in [-0.39, 0.29) is 5.91 Å². The largest absolute Gasteiger partial charge is 0.490 e. The number of carbonyl (C=O) groups excluding carboxylic acids is 1.